The molecular formula is C9H5ClF6O3S. The summed E-state index contributed by atoms with van der Waals surface area (Å²) in [6.07, 6.45) is -12.1. The first-order valence-corrected chi connectivity index (χ1v) is 6.93. The fraction of sp³-hybridized carbons (Fsp3) is 0.333. The van der Waals surface area contributed by atoms with E-state index in [-0.39, 0.29) is 12.1 Å². The van der Waals surface area contributed by atoms with Crippen molar-refractivity contribution in [3.63, 3.8) is 0 Å². The summed E-state index contributed by atoms with van der Waals surface area (Å²) in [6, 6.07) is 1.24. The first-order valence-electron chi connectivity index (χ1n) is 4.62. The summed E-state index contributed by atoms with van der Waals surface area (Å²) in [6.45, 7) is 0. The lowest BCUT2D eigenvalue weighted by Gasteiger charge is -2.32. The lowest BCUT2D eigenvalue weighted by Crippen LogP contribution is -2.53. The highest BCUT2D eigenvalue weighted by Crippen LogP contribution is 2.50. The Kier molecular flexibility index (Phi) is 4.07. The number of hydrogen-bond acceptors (Lipinski definition) is 3. The molecule has 11 heteroatoms. The molecule has 1 N–H and O–H groups in total. The van der Waals surface area contributed by atoms with Crippen LogP contribution < -0.4 is 0 Å². The van der Waals surface area contributed by atoms with Crippen molar-refractivity contribution < 1.29 is 39.9 Å². The van der Waals surface area contributed by atoms with Crippen LogP contribution in [0.5, 0.6) is 0 Å². The molecule has 0 aliphatic rings. The number of benzene rings is 1. The van der Waals surface area contributed by atoms with E-state index in [2.05, 4.69) is 0 Å². The van der Waals surface area contributed by atoms with Gasteiger partial charge >= 0.3 is 12.4 Å². The zero-order chi connectivity index (χ0) is 16.0. The second-order valence-electron chi connectivity index (χ2n) is 3.67. The molecule has 20 heavy (non-hydrogen) atoms. The molecule has 1 aromatic rings. The Morgan fingerprint density at radius 1 is 0.900 bits per heavy atom. The molecule has 0 aromatic heterocycles. The van der Waals surface area contributed by atoms with Gasteiger partial charge in [-0.15, -0.1) is 0 Å². The van der Waals surface area contributed by atoms with Crippen molar-refractivity contribution in [2.75, 3.05) is 0 Å². The number of aliphatic hydroxyl groups is 1. The van der Waals surface area contributed by atoms with E-state index in [0.29, 0.717) is 12.1 Å². The highest BCUT2D eigenvalue weighted by atomic mass is 35.7. The summed E-state index contributed by atoms with van der Waals surface area (Å²) < 4.78 is 96.7. The minimum absolute atomic E-state index is 0.191. The maximum absolute atomic E-state index is 12.5. The Balaban J connectivity index is 3.47. The quantitative estimate of drug-likeness (QED) is 0.664. The largest absolute Gasteiger partial charge is 0.430 e. The van der Waals surface area contributed by atoms with Crippen LogP contribution in [0, 0.1) is 0 Å². The highest BCUT2D eigenvalue weighted by Gasteiger charge is 2.71. The molecule has 0 amide bonds. The Morgan fingerprint density at radius 3 is 1.50 bits per heavy atom. The fourth-order valence-corrected chi connectivity index (χ4v) is 2.12. The zero-order valence-electron chi connectivity index (χ0n) is 9.13. The average Bonchev–Trinajstić information content (AvgIpc) is 2.24. The third-order valence-corrected chi connectivity index (χ3v) is 3.74. The van der Waals surface area contributed by atoms with Gasteiger partial charge in [-0.1, -0.05) is 12.1 Å². The molecular weight excluding hydrogens is 338 g/mol. The first kappa shape index (κ1) is 17.1. The molecule has 0 radical (unpaired) electrons. The van der Waals surface area contributed by atoms with Crippen LogP contribution in [0.1, 0.15) is 5.56 Å². The van der Waals surface area contributed by atoms with Gasteiger partial charge in [-0.25, -0.2) is 8.42 Å². The minimum Gasteiger partial charge on any atom is -0.369 e. The zero-order valence-corrected chi connectivity index (χ0v) is 10.7. The van der Waals surface area contributed by atoms with E-state index in [1.54, 1.807) is 0 Å². The normalized spacial score (nSPS) is 14.4. The summed E-state index contributed by atoms with van der Waals surface area (Å²) in [5.41, 5.74) is -6.67. The molecule has 1 aromatic carbocycles. The molecule has 0 bridgehead atoms. The minimum atomic E-state index is -6.04. The molecule has 0 aliphatic carbocycles. The van der Waals surface area contributed by atoms with Crippen molar-refractivity contribution in [1.29, 1.82) is 0 Å². The average molecular weight is 343 g/mol. The van der Waals surface area contributed by atoms with E-state index in [4.69, 9.17) is 15.8 Å². The van der Waals surface area contributed by atoms with Crippen LogP contribution in [0.2, 0.25) is 0 Å². The number of alkyl halides is 6. The Hall–Kier alpha value is -1.00. The van der Waals surface area contributed by atoms with Crippen LogP contribution in [0.3, 0.4) is 0 Å². The molecule has 0 atom stereocenters. The van der Waals surface area contributed by atoms with E-state index in [9.17, 15) is 34.8 Å². The second-order valence-corrected chi connectivity index (χ2v) is 6.23. The smallest absolute Gasteiger partial charge is 0.369 e. The van der Waals surface area contributed by atoms with Gasteiger partial charge in [0, 0.05) is 16.2 Å². The molecule has 1 rings (SSSR count). The van der Waals surface area contributed by atoms with Crippen LogP contribution in [0.25, 0.3) is 0 Å². The molecule has 0 saturated heterocycles. The van der Waals surface area contributed by atoms with Gasteiger partial charge in [0.1, 0.15) is 0 Å². The van der Waals surface area contributed by atoms with Crippen LogP contribution in [-0.4, -0.2) is 25.9 Å². The summed E-state index contributed by atoms with van der Waals surface area (Å²) in [7, 11) is 0.562. The van der Waals surface area contributed by atoms with Gasteiger partial charge in [-0.05, 0) is 12.1 Å². The molecule has 0 heterocycles. The van der Waals surface area contributed by atoms with Gasteiger partial charge in [-0.2, -0.15) is 26.3 Å². The van der Waals surface area contributed by atoms with E-state index in [1.165, 1.54) is 0 Å². The predicted molar refractivity (Wildman–Crippen MR) is 55.5 cm³/mol. The predicted octanol–water partition coefficient (Wildman–Crippen LogP) is 2.93. The maximum atomic E-state index is 12.5. The topological polar surface area (TPSA) is 54.4 Å². The Labute approximate surface area is 113 Å². The Morgan fingerprint density at radius 2 is 1.25 bits per heavy atom. The molecule has 0 unspecified atom stereocenters. The third kappa shape index (κ3) is 2.86. The van der Waals surface area contributed by atoms with Gasteiger partial charge in [0.15, 0.2) is 0 Å². The van der Waals surface area contributed by atoms with Crippen molar-refractivity contribution in [3.8, 4) is 0 Å². The van der Waals surface area contributed by atoms with Gasteiger partial charge in [0.25, 0.3) is 14.7 Å². The maximum Gasteiger partial charge on any atom is 0.430 e. The van der Waals surface area contributed by atoms with Crippen molar-refractivity contribution >= 4 is 19.7 Å². The summed E-state index contributed by atoms with van der Waals surface area (Å²) >= 11 is 0. The molecule has 0 spiro atoms. The van der Waals surface area contributed by atoms with Crippen molar-refractivity contribution in [1.82, 2.24) is 0 Å². The Bertz CT molecular complexity index is 576. The highest BCUT2D eigenvalue weighted by molar-refractivity contribution is 8.13. The second kappa shape index (κ2) is 4.78. The number of halogens is 7. The van der Waals surface area contributed by atoms with E-state index in [1.807, 2.05) is 0 Å². The molecule has 0 aliphatic heterocycles. The van der Waals surface area contributed by atoms with Gasteiger partial charge in [0.2, 0.25) is 0 Å². The summed E-state index contributed by atoms with van der Waals surface area (Å²) in [4.78, 5) is -0.699. The number of rotatable bonds is 2. The van der Waals surface area contributed by atoms with Crippen LogP contribution in [0.15, 0.2) is 29.2 Å². The lowest BCUT2D eigenvalue weighted by atomic mass is 9.92. The fourth-order valence-electron chi connectivity index (χ4n) is 1.35. The van der Waals surface area contributed by atoms with Gasteiger partial charge < -0.3 is 5.11 Å². The van der Waals surface area contributed by atoms with Crippen molar-refractivity contribution in [2.24, 2.45) is 0 Å². The standard InChI is InChI=1S/C9H5ClF6O3S/c10-20(18,19)6-3-1-5(2-4-6)7(17,8(11,12)13)9(14,15)16/h1-4,17H. The molecule has 114 valence electrons. The van der Waals surface area contributed by atoms with Crippen molar-refractivity contribution in [3.05, 3.63) is 29.8 Å². The van der Waals surface area contributed by atoms with Gasteiger partial charge in [-0.3, -0.25) is 0 Å². The monoisotopic (exact) mass is 342 g/mol. The lowest BCUT2D eigenvalue weighted by molar-refractivity contribution is -0.376. The van der Waals surface area contributed by atoms with Crippen molar-refractivity contribution in [2.45, 2.75) is 22.8 Å². The SMILES string of the molecule is O=S(=O)(Cl)c1ccc(C(O)(C(F)(F)F)C(F)(F)F)cc1. The third-order valence-electron chi connectivity index (χ3n) is 2.37. The summed E-state index contributed by atoms with van der Waals surface area (Å²) in [5, 5.41) is 9.02. The van der Waals surface area contributed by atoms with Gasteiger partial charge in [0.05, 0.1) is 4.90 Å². The molecule has 3 nitrogen and oxygen atoms in total. The van der Waals surface area contributed by atoms with Crippen LogP contribution in [-0.2, 0) is 14.7 Å². The van der Waals surface area contributed by atoms with Crippen LogP contribution in [0.4, 0.5) is 26.3 Å². The first-order chi connectivity index (χ1) is 8.71. The summed E-state index contributed by atoms with van der Waals surface area (Å²) in [5.74, 6) is 0. The number of hydrogen-bond donors (Lipinski definition) is 1. The van der Waals surface area contributed by atoms with E-state index in [0.717, 1.165) is 0 Å². The van der Waals surface area contributed by atoms with E-state index < -0.39 is 37.5 Å². The molecule has 0 saturated carbocycles. The van der Waals surface area contributed by atoms with E-state index >= 15 is 0 Å². The molecule has 0 fully saturated rings. The van der Waals surface area contributed by atoms with Crippen LogP contribution >= 0.6 is 10.7 Å².